The molecule has 0 spiro atoms. The van der Waals surface area contributed by atoms with Crippen LogP contribution in [-0.2, 0) is 13.2 Å². The van der Waals surface area contributed by atoms with Gasteiger partial charge in [-0.3, -0.25) is 0 Å². The Labute approximate surface area is 153 Å². The molecular formula is C19H23Cl2NO2. The van der Waals surface area contributed by atoms with E-state index in [0.29, 0.717) is 28.9 Å². The molecule has 0 aliphatic rings. The first-order chi connectivity index (χ1) is 11.3. The van der Waals surface area contributed by atoms with Crippen molar-refractivity contribution in [2.45, 2.75) is 39.5 Å². The number of halogens is 2. The Morgan fingerprint density at radius 3 is 2.42 bits per heavy atom. The third-order valence-corrected chi connectivity index (χ3v) is 4.06. The van der Waals surface area contributed by atoms with Crippen molar-refractivity contribution >= 4 is 23.2 Å². The Kier molecular flexibility index (Phi) is 6.39. The maximum atomic E-state index is 6.22. The third kappa shape index (κ3) is 5.30. The van der Waals surface area contributed by atoms with Gasteiger partial charge < -0.3 is 14.8 Å². The van der Waals surface area contributed by atoms with Gasteiger partial charge in [0, 0.05) is 33.3 Å². The van der Waals surface area contributed by atoms with E-state index in [1.807, 2.05) is 24.3 Å². The van der Waals surface area contributed by atoms with E-state index in [1.165, 1.54) is 0 Å². The molecule has 0 saturated carbocycles. The minimum atomic E-state index is 0.0137. The van der Waals surface area contributed by atoms with Crippen molar-refractivity contribution in [2.24, 2.45) is 0 Å². The Bertz CT molecular complexity index is 696. The highest BCUT2D eigenvalue weighted by atomic mass is 35.5. The lowest BCUT2D eigenvalue weighted by Crippen LogP contribution is -2.35. The van der Waals surface area contributed by atoms with E-state index in [-0.39, 0.29) is 5.54 Å². The highest BCUT2D eigenvalue weighted by Gasteiger charge is 2.15. The monoisotopic (exact) mass is 367 g/mol. The standard InChI is InChI=1S/C19H23Cl2NO2/c1-19(2,3)22-11-13-6-5-7-17(23-4)18(13)24-12-14-8-9-15(20)10-16(14)21/h5-10,22H,11-12H2,1-4H3. The van der Waals surface area contributed by atoms with E-state index in [1.54, 1.807) is 19.2 Å². The van der Waals surface area contributed by atoms with E-state index >= 15 is 0 Å². The highest BCUT2D eigenvalue weighted by Crippen LogP contribution is 2.33. The molecule has 5 heteroatoms. The van der Waals surface area contributed by atoms with Crippen LogP contribution in [0.3, 0.4) is 0 Å². The quantitative estimate of drug-likeness (QED) is 0.734. The van der Waals surface area contributed by atoms with Crippen molar-refractivity contribution in [3.8, 4) is 11.5 Å². The summed E-state index contributed by atoms with van der Waals surface area (Å²) in [6, 6.07) is 11.3. The molecule has 0 heterocycles. The van der Waals surface area contributed by atoms with Crippen LogP contribution in [-0.4, -0.2) is 12.6 Å². The van der Waals surface area contributed by atoms with Crippen molar-refractivity contribution in [1.82, 2.24) is 5.32 Å². The number of methoxy groups -OCH3 is 1. The Morgan fingerprint density at radius 1 is 1.04 bits per heavy atom. The zero-order chi connectivity index (χ0) is 17.7. The number of hydrogen-bond acceptors (Lipinski definition) is 3. The lowest BCUT2D eigenvalue weighted by atomic mass is 10.1. The first-order valence-electron chi connectivity index (χ1n) is 7.78. The van der Waals surface area contributed by atoms with Crippen LogP contribution in [0.1, 0.15) is 31.9 Å². The van der Waals surface area contributed by atoms with Crippen LogP contribution >= 0.6 is 23.2 Å². The summed E-state index contributed by atoms with van der Waals surface area (Å²) >= 11 is 12.2. The number of nitrogens with one attached hydrogen (secondary N) is 1. The summed E-state index contributed by atoms with van der Waals surface area (Å²) in [4.78, 5) is 0. The Hall–Kier alpha value is -1.42. The van der Waals surface area contributed by atoms with Gasteiger partial charge in [0.25, 0.3) is 0 Å². The fourth-order valence-electron chi connectivity index (χ4n) is 2.17. The maximum Gasteiger partial charge on any atom is 0.166 e. The predicted molar refractivity (Wildman–Crippen MR) is 100 cm³/mol. The molecule has 1 N–H and O–H groups in total. The summed E-state index contributed by atoms with van der Waals surface area (Å²) in [6.07, 6.45) is 0. The molecule has 3 nitrogen and oxygen atoms in total. The number of ether oxygens (including phenoxy) is 2. The van der Waals surface area contributed by atoms with E-state index in [4.69, 9.17) is 32.7 Å². The fraction of sp³-hybridized carbons (Fsp3) is 0.368. The zero-order valence-corrected chi connectivity index (χ0v) is 16.0. The molecule has 130 valence electrons. The molecule has 0 fully saturated rings. The first kappa shape index (κ1) is 18.9. The summed E-state index contributed by atoms with van der Waals surface area (Å²) in [5.74, 6) is 1.43. The lowest BCUT2D eigenvalue weighted by Gasteiger charge is -2.22. The molecule has 0 aliphatic carbocycles. The molecule has 2 aromatic rings. The average Bonchev–Trinajstić information content (AvgIpc) is 2.51. The van der Waals surface area contributed by atoms with Crippen LogP contribution in [0.4, 0.5) is 0 Å². The van der Waals surface area contributed by atoms with Crippen molar-refractivity contribution in [1.29, 1.82) is 0 Å². The molecule has 0 unspecified atom stereocenters. The Balaban J connectivity index is 2.20. The van der Waals surface area contributed by atoms with Gasteiger partial charge in [0.15, 0.2) is 11.5 Å². The largest absolute Gasteiger partial charge is 0.493 e. The molecule has 0 saturated heterocycles. The van der Waals surface area contributed by atoms with E-state index in [2.05, 4.69) is 26.1 Å². The number of hydrogen-bond donors (Lipinski definition) is 1. The first-order valence-corrected chi connectivity index (χ1v) is 8.53. The van der Waals surface area contributed by atoms with Gasteiger partial charge >= 0.3 is 0 Å². The lowest BCUT2D eigenvalue weighted by molar-refractivity contribution is 0.279. The SMILES string of the molecule is COc1cccc(CNC(C)(C)C)c1OCc1ccc(Cl)cc1Cl. The number of benzene rings is 2. The molecule has 0 amide bonds. The molecule has 0 aromatic heterocycles. The van der Waals surface area contributed by atoms with Crippen molar-refractivity contribution in [2.75, 3.05) is 7.11 Å². The molecule has 0 atom stereocenters. The average molecular weight is 368 g/mol. The smallest absolute Gasteiger partial charge is 0.166 e. The van der Waals surface area contributed by atoms with Crippen molar-refractivity contribution < 1.29 is 9.47 Å². The topological polar surface area (TPSA) is 30.5 Å². The summed E-state index contributed by atoms with van der Waals surface area (Å²) in [6.45, 7) is 7.41. The molecule has 0 radical (unpaired) electrons. The highest BCUT2D eigenvalue weighted by molar-refractivity contribution is 6.35. The summed E-state index contributed by atoms with van der Waals surface area (Å²) in [5, 5.41) is 4.66. The summed E-state index contributed by atoms with van der Waals surface area (Å²) in [7, 11) is 1.64. The summed E-state index contributed by atoms with van der Waals surface area (Å²) in [5.41, 5.74) is 1.93. The number of para-hydroxylation sites is 1. The molecular weight excluding hydrogens is 345 g/mol. The normalized spacial score (nSPS) is 11.4. The molecule has 0 aliphatic heterocycles. The van der Waals surface area contributed by atoms with E-state index < -0.39 is 0 Å². The second-order valence-electron chi connectivity index (χ2n) is 6.58. The van der Waals surface area contributed by atoms with Crippen LogP contribution < -0.4 is 14.8 Å². The second kappa shape index (κ2) is 8.11. The van der Waals surface area contributed by atoms with Gasteiger partial charge in [0.1, 0.15) is 6.61 Å². The molecule has 2 aromatic carbocycles. The van der Waals surface area contributed by atoms with Crippen molar-refractivity contribution in [3.63, 3.8) is 0 Å². The van der Waals surface area contributed by atoms with Crippen LogP contribution in [0.5, 0.6) is 11.5 Å². The van der Waals surface area contributed by atoms with Gasteiger partial charge in [0.05, 0.1) is 7.11 Å². The van der Waals surface area contributed by atoms with Gasteiger partial charge in [-0.2, -0.15) is 0 Å². The predicted octanol–water partition coefficient (Wildman–Crippen LogP) is 5.47. The van der Waals surface area contributed by atoms with E-state index in [9.17, 15) is 0 Å². The third-order valence-electron chi connectivity index (χ3n) is 3.48. The summed E-state index contributed by atoms with van der Waals surface area (Å²) < 4.78 is 11.5. The van der Waals surface area contributed by atoms with Crippen LogP contribution in [0, 0.1) is 0 Å². The zero-order valence-electron chi connectivity index (χ0n) is 14.5. The van der Waals surface area contributed by atoms with Gasteiger partial charge in [-0.25, -0.2) is 0 Å². The van der Waals surface area contributed by atoms with Crippen LogP contribution in [0.2, 0.25) is 10.0 Å². The van der Waals surface area contributed by atoms with Crippen LogP contribution in [0.15, 0.2) is 36.4 Å². The van der Waals surface area contributed by atoms with E-state index in [0.717, 1.165) is 16.9 Å². The van der Waals surface area contributed by atoms with Gasteiger partial charge in [-0.15, -0.1) is 0 Å². The number of rotatable bonds is 6. The van der Waals surface area contributed by atoms with Crippen LogP contribution in [0.25, 0.3) is 0 Å². The van der Waals surface area contributed by atoms with Crippen molar-refractivity contribution in [3.05, 3.63) is 57.6 Å². The fourth-order valence-corrected chi connectivity index (χ4v) is 2.64. The second-order valence-corrected chi connectivity index (χ2v) is 7.42. The minimum absolute atomic E-state index is 0.0137. The van der Waals surface area contributed by atoms with Gasteiger partial charge in [0.2, 0.25) is 0 Å². The Morgan fingerprint density at radius 2 is 1.79 bits per heavy atom. The minimum Gasteiger partial charge on any atom is -0.493 e. The van der Waals surface area contributed by atoms with Gasteiger partial charge in [-0.1, -0.05) is 41.4 Å². The molecule has 0 bridgehead atoms. The van der Waals surface area contributed by atoms with Gasteiger partial charge in [-0.05, 0) is 39.0 Å². The maximum absolute atomic E-state index is 6.22. The molecule has 2 rings (SSSR count). The molecule has 24 heavy (non-hydrogen) atoms.